The first kappa shape index (κ1) is 17.2. The fraction of sp³-hybridized carbons (Fsp3) is 0.389. The zero-order chi connectivity index (χ0) is 16.9. The lowest BCUT2D eigenvalue weighted by Crippen LogP contribution is -2.12. The maximum atomic E-state index is 6.13. The number of aromatic nitrogens is 1. The Hall–Kier alpha value is -1.65. The first-order valence-electron chi connectivity index (χ1n) is 8.04. The number of methoxy groups -OCH3 is 1. The van der Waals surface area contributed by atoms with E-state index < -0.39 is 0 Å². The van der Waals surface area contributed by atoms with Crippen LogP contribution < -0.4 is 14.8 Å². The molecule has 2 aromatic rings. The smallest absolute Gasteiger partial charge is 0.161 e. The van der Waals surface area contributed by atoms with Crippen LogP contribution in [0, 0.1) is 0 Å². The Morgan fingerprint density at radius 1 is 1.12 bits per heavy atom. The van der Waals surface area contributed by atoms with E-state index in [1.54, 1.807) is 19.5 Å². The van der Waals surface area contributed by atoms with Gasteiger partial charge in [-0.25, -0.2) is 0 Å². The number of rotatable bonds is 6. The Morgan fingerprint density at radius 3 is 2.50 bits per heavy atom. The number of ether oxygens (including phenoxy) is 2. The summed E-state index contributed by atoms with van der Waals surface area (Å²) in [5, 5.41) is 4.25. The van der Waals surface area contributed by atoms with E-state index in [-0.39, 0.29) is 6.10 Å². The van der Waals surface area contributed by atoms with Gasteiger partial charge in [-0.15, -0.1) is 0 Å². The zero-order valence-electron chi connectivity index (χ0n) is 13.5. The first-order valence-corrected chi connectivity index (χ1v) is 8.79. The van der Waals surface area contributed by atoms with E-state index in [2.05, 4.69) is 10.3 Å². The van der Waals surface area contributed by atoms with E-state index in [1.807, 2.05) is 18.2 Å². The van der Waals surface area contributed by atoms with Gasteiger partial charge in [-0.05, 0) is 43.4 Å². The highest BCUT2D eigenvalue weighted by Crippen LogP contribution is 2.33. The second-order valence-electron chi connectivity index (χ2n) is 5.84. The summed E-state index contributed by atoms with van der Waals surface area (Å²) in [6, 6.07) is 5.93. The molecule has 0 amide bonds. The second-order valence-corrected chi connectivity index (χ2v) is 6.66. The van der Waals surface area contributed by atoms with Crippen LogP contribution in [0.4, 0.5) is 5.69 Å². The Labute approximate surface area is 152 Å². The van der Waals surface area contributed by atoms with E-state index >= 15 is 0 Å². The van der Waals surface area contributed by atoms with E-state index in [0.717, 1.165) is 29.9 Å². The van der Waals surface area contributed by atoms with E-state index in [4.69, 9.17) is 32.7 Å². The summed E-state index contributed by atoms with van der Waals surface area (Å²) in [6.07, 6.45) is 8.09. The molecule has 1 heterocycles. The molecule has 1 fully saturated rings. The number of hydrogen-bond donors (Lipinski definition) is 1. The number of nitrogens with zero attached hydrogens (tertiary/aromatic N) is 1. The predicted octanol–water partition coefficient (Wildman–Crippen LogP) is 5.33. The van der Waals surface area contributed by atoms with Crippen LogP contribution in [0.1, 0.15) is 31.2 Å². The molecule has 0 unspecified atom stereocenters. The second kappa shape index (κ2) is 7.95. The fourth-order valence-electron chi connectivity index (χ4n) is 2.88. The van der Waals surface area contributed by atoms with Crippen molar-refractivity contribution in [3.63, 3.8) is 0 Å². The van der Waals surface area contributed by atoms with Crippen molar-refractivity contribution in [3.05, 3.63) is 46.2 Å². The molecule has 0 atom stereocenters. The lowest BCUT2D eigenvalue weighted by atomic mass is 10.2. The number of anilines is 1. The number of hydrogen-bond acceptors (Lipinski definition) is 4. The minimum Gasteiger partial charge on any atom is -0.493 e. The van der Waals surface area contributed by atoms with Crippen molar-refractivity contribution in [1.29, 1.82) is 0 Å². The Balaban J connectivity index is 1.73. The molecule has 0 aliphatic heterocycles. The first-order chi connectivity index (χ1) is 11.7. The topological polar surface area (TPSA) is 43.4 Å². The van der Waals surface area contributed by atoms with Crippen LogP contribution in [0.25, 0.3) is 0 Å². The third-order valence-corrected chi connectivity index (χ3v) is 4.72. The summed E-state index contributed by atoms with van der Waals surface area (Å²) in [5.74, 6) is 1.54. The van der Waals surface area contributed by atoms with Crippen LogP contribution in [-0.2, 0) is 6.54 Å². The molecule has 6 heteroatoms. The normalized spacial score (nSPS) is 14.6. The maximum Gasteiger partial charge on any atom is 0.161 e. The molecule has 0 radical (unpaired) electrons. The average Bonchev–Trinajstić information content (AvgIpc) is 3.08. The molecule has 0 bridgehead atoms. The van der Waals surface area contributed by atoms with Gasteiger partial charge in [0.1, 0.15) is 0 Å². The monoisotopic (exact) mass is 366 g/mol. The molecule has 1 aromatic carbocycles. The van der Waals surface area contributed by atoms with Crippen molar-refractivity contribution in [2.75, 3.05) is 12.4 Å². The molecule has 128 valence electrons. The van der Waals surface area contributed by atoms with Gasteiger partial charge in [-0.3, -0.25) is 4.98 Å². The van der Waals surface area contributed by atoms with E-state index in [9.17, 15) is 0 Å². The van der Waals surface area contributed by atoms with Gasteiger partial charge in [0.25, 0.3) is 0 Å². The SMILES string of the molecule is COc1ccc(CNc2c(Cl)cncc2Cl)cc1OC1CCCC1. The van der Waals surface area contributed by atoms with Crippen LogP contribution in [-0.4, -0.2) is 18.2 Å². The molecular weight excluding hydrogens is 347 g/mol. The van der Waals surface area contributed by atoms with Crippen LogP contribution in [0.3, 0.4) is 0 Å². The third kappa shape index (κ3) is 4.05. The summed E-state index contributed by atoms with van der Waals surface area (Å²) in [6.45, 7) is 0.578. The highest BCUT2D eigenvalue weighted by Gasteiger charge is 2.18. The predicted molar refractivity (Wildman–Crippen MR) is 97.5 cm³/mol. The van der Waals surface area contributed by atoms with Gasteiger partial charge in [0, 0.05) is 18.9 Å². The Morgan fingerprint density at radius 2 is 1.83 bits per heavy atom. The summed E-state index contributed by atoms with van der Waals surface area (Å²) >= 11 is 12.3. The van der Waals surface area contributed by atoms with Gasteiger partial charge in [0.05, 0.1) is 28.9 Å². The Bertz CT molecular complexity index is 683. The van der Waals surface area contributed by atoms with Gasteiger partial charge >= 0.3 is 0 Å². The molecule has 1 saturated carbocycles. The van der Waals surface area contributed by atoms with E-state index in [1.165, 1.54) is 12.8 Å². The average molecular weight is 367 g/mol. The summed E-state index contributed by atoms with van der Waals surface area (Å²) < 4.78 is 11.5. The summed E-state index contributed by atoms with van der Waals surface area (Å²) in [5.41, 5.74) is 1.75. The molecule has 0 saturated heterocycles. The van der Waals surface area contributed by atoms with Crippen molar-refractivity contribution >= 4 is 28.9 Å². The summed E-state index contributed by atoms with van der Waals surface area (Å²) in [7, 11) is 1.66. The molecule has 4 nitrogen and oxygen atoms in total. The van der Waals surface area contributed by atoms with Crippen LogP contribution >= 0.6 is 23.2 Å². The number of benzene rings is 1. The minimum atomic E-state index is 0.284. The quantitative estimate of drug-likeness (QED) is 0.749. The van der Waals surface area contributed by atoms with Crippen molar-refractivity contribution in [2.45, 2.75) is 38.3 Å². The number of nitrogens with one attached hydrogen (secondary N) is 1. The van der Waals surface area contributed by atoms with E-state index in [0.29, 0.717) is 22.3 Å². The molecule has 3 rings (SSSR count). The molecule has 1 aromatic heterocycles. The van der Waals surface area contributed by atoms with Crippen molar-refractivity contribution in [3.8, 4) is 11.5 Å². The minimum absolute atomic E-state index is 0.284. The molecule has 0 spiro atoms. The fourth-order valence-corrected chi connectivity index (χ4v) is 3.38. The molecular formula is C18H20Cl2N2O2. The van der Waals surface area contributed by atoms with Crippen LogP contribution in [0.15, 0.2) is 30.6 Å². The van der Waals surface area contributed by atoms with Gasteiger partial charge in [0.15, 0.2) is 11.5 Å². The van der Waals surface area contributed by atoms with Gasteiger partial charge in [0.2, 0.25) is 0 Å². The molecule has 1 aliphatic rings. The van der Waals surface area contributed by atoms with Gasteiger partial charge in [-0.1, -0.05) is 29.3 Å². The zero-order valence-corrected chi connectivity index (χ0v) is 15.0. The third-order valence-electron chi connectivity index (χ3n) is 4.15. The molecule has 24 heavy (non-hydrogen) atoms. The Kier molecular flexibility index (Phi) is 5.69. The standard InChI is InChI=1S/C18H20Cl2N2O2/c1-23-16-7-6-12(8-17(16)24-13-4-2-3-5-13)9-22-18-14(19)10-21-11-15(18)20/h6-8,10-11,13H,2-5,9H2,1H3,(H,21,22). The molecule has 1 aliphatic carbocycles. The van der Waals surface area contributed by atoms with Crippen molar-refractivity contribution in [1.82, 2.24) is 4.98 Å². The largest absolute Gasteiger partial charge is 0.493 e. The van der Waals surface area contributed by atoms with Crippen molar-refractivity contribution in [2.24, 2.45) is 0 Å². The van der Waals surface area contributed by atoms with Crippen molar-refractivity contribution < 1.29 is 9.47 Å². The maximum absolute atomic E-state index is 6.13. The lowest BCUT2D eigenvalue weighted by molar-refractivity contribution is 0.200. The summed E-state index contributed by atoms with van der Waals surface area (Å²) in [4.78, 5) is 3.95. The van der Waals surface area contributed by atoms with Crippen LogP contribution in [0.5, 0.6) is 11.5 Å². The van der Waals surface area contributed by atoms with Gasteiger partial charge in [-0.2, -0.15) is 0 Å². The lowest BCUT2D eigenvalue weighted by Gasteiger charge is -2.17. The number of pyridine rings is 1. The van der Waals surface area contributed by atoms with Crippen LogP contribution in [0.2, 0.25) is 10.0 Å². The number of halogens is 2. The highest BCUT2D eigenvalue weighted by atomic mass is 35.5. The van der Waals surface area contributed by atoms with Gasteiger partial charge < -0.3 is 14.8 Å². The highest BCUT2D eigenvalue weighted by molar-refractivity contribution is 6.38. The molecule has 1 N–H and O–H groups in total.